The Morgan fingerprint density at radius 1 is 1.47 bits per heavy atom. The average Bonchev–Trinajstić information content (AvgIpc) is 2.74. The first kappa shape index (κ1) is 12.4. The molecule has 0 spiro atoms. The minimum absolute atomic E-state index is 0.0512. The summed E-state index contributed by atoms with van der Waals surface area (Å²) in [5.74, 6) is 0. The molecule has 1 heterocycles. The Kier molecular flexibility index (Phi) is 4.36. The van der Waals surface area contributed by atoms with Crippen LogP contribution in [-0.4, -0.2) is 17.1 Å². The molecule has 1 fully saturated rings. The van der Waals surface area contributed by atoms with E-state index in [1.54, 1.807) is 11.3 Å². The minimum Gasteiger partial charge on any atom is -0.335 e. The van der Waals surface area contributed by atoms with Gasteiger partial charge in [-0.2, -0.15) is 0 Å². The highest BCUT2D eigenvalue weighted by atomic mass is 32.1. The lowest BCUT2D eigenvalue weighted by molar-refractivity contribution is 0.232. The molecule has 0 unspecified atom stereocenters. The highest BCUT2D eigenvalue weighted by Crippen LogP contribution is 2.17. The van der Waals surface area contributed by atoms with Gasteiger partial charge in [-0.1, -0.05) is 19.3 Å². The largest absolute Gasteiger partial charge is 0.335 e. The van der Waals surface area contributed by atoms with Crippen LogP contribution < -0.4 is 10.6 Å². The predicted octanol–water partition coefficient (Wildman–Crippen LogP) is 2.58. The maximum atomic E-state index is 11.7. The third kappa shape index (κ3) is 3.70. The molecule has 0 saturated heterocycles. The fourth-order valence-electron chi connectivity index (χ4n) is 2.14. The lowest BCUT2D eigenvalue weighted by Gasteiger charge is -2.22. The van der Waals surface area contributed by atoms with Crippen molar-refractivity contribution in [2.24, 2.45) is 0 Å². The van der Waals surface area contributed by atoms with E-state index in [0.717, 1.165) is 23.4 Å². The number of carbonyl (C=O) groups is 1. The average molecular weight is 253 g/mol. The van der Waals surface area contributed by atoms with Gasteiger partial charge in [0.15, 0.2) is 0 Å². The van der Waals surface area contributed by atoms with Crippen LogP contribution in [0.2, 0.25) is 0 Å². The number of thiazole rings is 1. The molecule has 2 amide bonds. The SMILES string of the molecule is Cc1ncsc1CNC(=O)NC1CCCCC1. The normalized spacial score (nSPS) is 16.8. The van der Waals surface area contributed by atoms with E-state index in [0.29, 0.717) is 12.6 Å². The van der Waals surface area contributed by atoms with Crippen LogP contribution in [0.3, 0.4) is 0 Å². The van der Waals surface area contributed by atoms with Gasteiger partial charge in [-0.25, -0.2) is 9.78 Å². The summed E-state index contributed by atoms with van der Waals surface area (Å²) >= 11 is 1.58. The van der Waals surface area contributed by atoms with Crippen molar-refractivity contribution in [2.75, 3.05) is 0 Å². The smallest absolute Gasteiger partial charge is 0.315 e. The summed E-state index contributed by atoms with van der Waals surface area (Å²) in [5.41, 5.74) is 2.82. The Morgan fingerprint density at radius 2 is 2.24 bits per heavy atom. The molecule has 5 heteroatoms. The van der Waals surface area contributed by atoms with E-state index in [-0.39, 0.29) is 6.03 Å². The molecule has 1 aromatic heterocycles. The Labute approximate surface area is 106 Å². The fourth-order valence-corrected chi connectivity index (χ4v) is 2.86. The third-order valence-electron chi connectivity index (χ3n) is 3.19. The zero-order valence-corrected chi connectivity index (χ0v) is 11.0. The molecule has 4 nitrogen and oxygen atoms in total. The highest BCUT2D eigenvalue weighted by Gasteiger charge is 2.15. The van der Waals surface area contributed by atoms with Gasteiger partial charge in [-0.05, 0) is 19.8 Å². The number of aryl methyl sites for hydroxylation is 1. The number of carbonyl (C=O) groups excluding carboxylic acids is 1. The van der Waals surface area contributed by atoms with Crippen molar-refractivity contribution in [3.8, 4) is 0 Å². The number of hydrogen-bond acceptors (Lipinski definition) is 3. The van der Waals surface area contributed by atoms with Crippen LogP contribution in [0.25, 0.3) is 0 Å². The second-order valence-corrected chi connectivity index (χ2v) is 5.46. The summed E-state index contributed by atoms with van der Waals surface area (Å²) in [5, 5.41) is 5.93. The molecule has 0 bridgehead atoms. The van der Waals surface area contributed by atoms with Gasteiger partial charge in [0, 0.05) is 10.9 Å². The standard InChI is InChI=1S/C12H19N3OS/c1-9-11(17-8-14-9)7-13-12(16)15-10-5-3-2-4-6-10/h8,10H,2-7H2,1H3,(H2,13,15,16). The van der Waals surface area contributed by atoms with Crippen molar-refractivity contribution in [3.05, 3.63) is 16.1 Å². The van der Waals surface area contributed by atoms with Gasteiger partial charge in [0.05, 0.1) is 17.7 Å². The summed E-state index contributed by atoms with van der Waals surface area (Å²) in [4.78, 5) is 17.0. The zero-order chi connectivity index (χ0) is 12.1. The monoisotopic (exact) mass is 253 g/mol. The lowest BCUT2D eigenvalue weighted by Crippen LogP contribution is -2.42. The third-order valence-corrected chi connectivity index (χ3v) is 4.13. The van der Waals surface area contributed by atoms with Crippen molar-refractivity contribution >= 4 is 17.4 Å². The molecule has 94 valence electrons. The van der Waals surface area contributed by atoms with Crippen LogP contribution in [0.4, 0.5) is 4.79 Å². The van der Waals surface area contributed by atoms with Crippen molar-refractivity contribution in [3.63, 3.8) is 0 Å². The molecule has 2 rings (SSSR count). The molecular weight excluding hydrogens is 234 g/mol. The van der Waals surface area contributed by atoms with E-state index < -0.39 is 0 Å². The van der Waals surface area contributed by atoms with Crippen molar-refractivity contribution in [1.29, 1.82) is 0 Å². The minimum atomic E-state index is -0.0512. The van der Waals surface area contributed by atoms with Crippen LogP contribution in [0.15, 0.2) is 5.51 Å². The summed E-state index contributed by atoms with van der Waals surface area (Å²) in [6, 6.07) is 0.316. The number of rotatable bonds is 3. The van der Waals surface area contributed by atoms with E-state index in [2.05, 4.69) is 15.6 Å². The number of nitrogens with one attached hydrogen (secondary N) is 2. The number of urea groups is 1. The first-order valence-corrected chi connectivity index (χ1v) is 7.07. The Bertz CT molecular complexity index is 372. The van der Waals surface area contributed by atoms with Gasteiger partial charge in [-0.3, -0.25) is 0 Å². The molecule has 17 heavy (non-hydrogen) atoms. The van der Waals surface area contributed by atoms with Crippen molar-refractivity contribution in [1.82, 2.24) is 15.6 Å². The van der Waals surface area contributed by atoms with Crippen LogP contribution in [0.5, 0.6) is 0 Å². The fraction of sp³-hybridized carbons (Fsp3) is 0.667. The predicted molar refractivity (Wildman–Crippen MR) is 69.1 cm³/mol. The Morgan fingerprint density at radius 3 is 2.88 bits per heavy atom. The Hall–Kier alpha value is -1.10. The van der Waals surface area contributed by atoms with Gasteiger partial charge in [0.25, 0.3) is 0 Å². The van der Waals surface area contributed by atoms with Crippen molar-refractivity contribution in [2.45, 2.75) is 51.6 Å². The number of amides is 2. The number of aromatic nitrogens is 1. The molecular formula is C12H19N3OS. The van der Waals surface area contributed by atoms with Gasteiger partial charge in [0.1, 0.15) is 0 Å². The second kappa shape index (κ2) is 6.00. The van der Waals surface area contributed by atoms with E-state index in [1.807, 2.05) is 12.4 Å². The highest BCUT2D eigenvalue weighted by molar-refractivity contribution is 7.09. The number of hydrogen-bond donors (Lipinski definition) is 2. The van der Waals surface area contributed by atoms with Crippen LogP contribution >= 0.6 is 11.3 Å². The van der Waals surface area contributed by atoms with Gasteiger partial charge in [0.2, 0.25) is 0 Å². The van der Waals surface area contributed by atoms with Crippen LogP contribution in [0.1, 0.15) is 42.7 Å². The van der Waals surface area contributed by atoms with Crippen molar-refractivity contribution < 1.29 is 4.79 Å². The molecule has 0 radical (unpaired) electrons. The molecule has 1 aromatic rings. The molecule has 1 aliphatic rings. The molecule has 0 aromatic carbocycles. The quantitative estimate of drug-likeness (QED) is 0.870. The summed E-state index contributed by atoms with van der Waals surface area (Å²) < 4.78 is 0. The van der Waals surface area contributed by atoms with Crippen LogP contribution in [0, 0.1) is 6.92 Å². The van der Waals surface area contributed by atoms with E-state index >= 15 is 0 Å². The van der Waals surface area contributed by atoms with E-state index in [4.69, 9.17) is 0 Å². The second-order valence-electron chi connectivity index (χ2n) is 4.52. The maximum absolute atomic E-state index is 11.7. The first-order valence-electron chi connectivity index (χ1n) is 6.19. The van der Waals surface area contributed by atoms with Gasteiger partial charge < -0.3 is 10.6 Å². The van der Waals surface area contributed by atoms with Crippen LogP contribution in [-0.2, 0) is 6.54 Å². The Balaban J connectivity index is 1.72. The molecule has 1 saturated carbocycles. The zero-order valence-electron chi connectivity index (χ0n) is 10.2. The summed E-state index contributed by atoms with van der Waals surface area (Å²) in [6.45, 7) is 2.54. The molecule has 2 N–H and O–H groups in total. The molecule has 0 atom stereocenters. The maximum Gasteiger partial charge on any atom is 0.315 e. The van der Waals surface area contributed by atoms with Gasteiger partial charge >= 0.3 is 6.03 Å². The van der Waals surface area contributed by atoms with E-state index in [9.17, 15) is 4.79 Å². The first-order chi connectivity index (χ1) is 8.25. The van der Waals surface area contributed by atoms with E-state index in [1.165, 1.54) is 19.3 Å². The lowest BCUT2D eigenvalue weighted by atomic mass is 9.96. The topological polar surface area (TPSA) is 54.0 Å². The summed E-state index contributed by atoms with van der Waals surface area (Å²) in [7, 11) is 0. The molecule has 0 aliphatic heterocycles. The number of nitrogens with zero attached hydrogens (tertiary/aromatic N) is 1. The summed E-state index contributed by atoms with van der Waals surface area (Å²) in [6.07, 6.45) is 6.01. The van der Waals surface area contributed by atoms with Gasteiger partial charge in [-0.15, -0.1) is 11.3 Å². The molecule has 1 aliphatic carbocycles.